The Bertz CT molecular complexity index is 1560. The Morgan fingerprint density at radius 1 is 0.909 bits per heavy atom. The quantitative estimate of drug-likeness (QED) is 0.245. The van der Waals surface area contributed by atoms with E-state index in [0.29, 0.717) is 44.8 Å². The highest BCUT2D eigenvalue weighted by Crippen LogP contribution is 2.31. The number of fused-ring (bicyclic) bond motifs is 1. The number of nitrogens with zero attached hydrogens (tertiary/aromatic N) is 3. The lowest BCUT2D eigenvalue weighted by Crippen LogP contribution is -2.30. The van der Waals surface area contributed by atoms with Gasteiger partial charge in [0.05, 0.1) is 35.7 Å². The molecule has 44 heavy (non-hydrogen) atoms. The average Bonchev–Trinajstić information content (AvgIpc) is 3.20. The number of amides is 3. The highest BCUT2D eigenvalue weighted by atomic mass is 35.5. The SMILES string of the molecule is CC(=O)NCc1c(CO)cnc(C)c1O.CC(=O)OCc1cnc(C)c(OC(C)=O)c1CN1C(=O)c2ccccc2C1=O.Cl.[2HH]. The standard InChI is InChI=1S/C20H18N2O6.C10H14N2O3.ClH.H2/c1-11-18(28-13(3)24)17(14(8-21-11)10-27-12(2)23)9-22-19(25)15-6-4-5-7-16(15)20(22)26;1-6-10(15)9(4-12-7(2)14)8(5-13)3-11-6;;/h4-8H,9-10H2,1-3H3;3,13,15H,4-5H2,1-2H3,(H,12,14);2*1H/i;;;1+1. The van der Waals surface area contributed by atoms with E-state index in [9.17, 15) is 29.1 Å². The summed E-state index contributed by atoms with van der Waals surface area (Å²) in [5.74, 6) is -1.97. The van der Waals surface area contributed by atoms with Crippen LogP contribution in [0.2, 0.25) is 0 Å². The molecule has 0 fully saturated rings. The second kappa shape index (κ2) is 15.5. The maximum atomic E-state index is 12.7. The Balaban J connectivity index is 0.000000510. The number of aliphatic hydroxyl groups is 1. The number of aromatic nitrogens is 2. The molecule has 13 nitrogen and oxygen atoms in total. The second-order valence-electron chi connectivity index (χ2n) is 9.56. The summed E-state index contributed by atoms with van der Waals surface area (Å²) in [7, 11) is 0. The van der Waals surface area contributed by atoms with Crippen molar-refractivity contribution in [1.82, 2.24) is 20.2 Å². The van der Waals surface area contributed by atoms with E-state index in [1.807, 2.05) is 0 Å². The fourth-order valence-corrected chi connectivity index (χ4v) is 4.20. The summed E-state index contributed by atoms with van der Waals surface area (Å²) in [5.41, 5.74) is 3.38. The summed E-state index contributed by atoms with van der Waals surface area (Å²) in [4.78, 5) is 68.1. The Labute approximate surface area is 261 Å². The molecule has 0 radical (unpaired) electrons. The Morgan fingerprint density at radius 2 is 1.48 bits per heavy atom. The van der Waals surface area contributed by atoms with Gasteiger partial charge in [0.2, 0.25) is 5.91 Å². The molecule has 1 aromatic carbocycles. The summed E-state index contributed by atoms with van der Waals surface area (Å²) in [6, 6.07) is 6.53. The minimum atomic E-state index is -0.571. The zero-order chi connectivity index (χ0) is 31.8. The molecule has 2 aromatic heterocycles. The molecule has 0 bridgehead atoms. The molecule has 0 spiro atoms. The van der Waals surface area contributed by atoms with Crippen molar-refractivity contribution in [3.63, 3.8) is 0 Å². The lowest BCUT2D eigenvalue weighted by Gasteiger charge is -2.20. The molecular formula is C30H35ClN4O9. The van der Waals surface area contributed by atoms with E-state index in [0.717, 1.165) is 4.90 Å². The van der Waals surface area contributed by atoms with Crippen LogP contribution in [0.15, 0.2) is 36.7 Å². The van der Waals surface area contributed by atoms with Crippen molar-refractivity contribution in [3.8, 4) is 11.5 Å². The van der Waals surface area contributed by atoms with Gasteiger partial charge in [-0.25, -0.2) is 0 Å². The molecule has 236 valence electrons. The van der Waals surface area contributed by atoms with Gasteiger partial charge in [-0.2, -0.15) is 0 Å². The maximum absolute atomic E-state index is 12.7. The van der Waals surface area contributed by atoms with Crippen LogP contribution < -0.4 is 10.1 Å². The first-order chi connectivity index (χ1) is 20.3. The van der Waals surface area contributed by atoms with E-state index in [1.165, 1.54) is 33.2 Å². The number of benzene rings is 1. The summed E-state index contributed by atoms with van der Waals surface area (Å²) >= 11 is 0. The zero-order valence-corrected chi connectivity index (χ0v) is 25.6. The molecule has 0 saturated heterocycles. The predicted molar refractivity (Wildman–Crippen MR) is 160 cm³/mol. The monoisotopic (exact) mass is 631 g/mol. The van der Waals surface area contributed by atoms with Crippen LogP contribution in [-0.4, -0.2) is 54.7 Å². The van der Waals surface area contributed by atoms with Gasteiger partial charge in [-0.3, -0.25) is 38.8 Å². The summed E-state index contributed by atoms with van der Waals surface area (Å²) < 4.78 is 10.3. The molecule has 4 rings (SSSR count). The van der Waals surface area contributed by atoms with Crippen LogP contribution in [0.5, 0.6) is 11.5 Å². The van der Waals surface area contributed by atoms with Crippen molar-refractivity contribution in [2.75, 3.05) is 0 Å². The van der Waals surface area contributed by atoms with Crippen LogP contribution in [0.4, 0.5) is 0 Å². The summed E-state index contributed by atoms with van der Waals surface area (Å²) in [6.45, 7) is 6.90. The number of carbonyl (C=O) groups is 5. The molecule has 0 atom stereocenters. The van der Waals surface area contributed by atoms with Crippen LogP contribution in [0.25, 0.3) is 0 Å². The lowest BCUT2D eigenvalue weighted by molar-refractivity contribution is -0.142. The van der Waals surface area contributed by atoms with Crippen LogP contribution in [0.3, 0.4) is 0 Å². The fourth-order valence-electron chi connectivity index (χ4n) is 4.20. The number of esters is 2. The van der Waals surface area contributed by atoms with Gasteiger partial charge in [0.15, 0.2) is 5.75 Å². The Morgan fingerprint density at radius 3 is 2.00 bits per heavy atom. The van der Waals surface area contributed by atoms with Crippen molar-refractivity contribution >= 4 is 42.1 Å². The van der Waals surface area contributed by atoms with Crippen molar-refractivity contribution < 1.29 is 45.1 Å². The van der Waals surface area contributed by atoms with Gasteiger partial charge < -0.3 is 25.0 Å². The number of hydrogen-bond donors (Lipinski definition) is 3. The molecule has 14 heteroatoms. The molecule has 3 amide bonds. The number of nitrogens with one attached hydrogen (secondary N) is 1. The minimum Gasteiger partial charge on any atom is -0.506 e. The van der Waals surface area contributed by atoms with Gasteiger partial charge in [0, 0.05) is 63.4 Å². The van der Waals surface area contributed by atoms with Gasteiger partial charge in [-0.1, -0.05) is 12.1 Å². The molecule has 3 heterocycles. The van der Waals surface area contributed by atoms with Gasteiger partial charge >= 0.3 is 11.9 Å². The highest BCUT2D eigenvalue weighted by molar-refractivity contribution is 6.21. The van der Waals surface area contributed by atoms with Crippen molar-refractivity contribution in [2.24, 2.45) is 0 Å². The average molecular weight is 632 g/mol. The van der Waals surface area contributed by atoms with Gasteiger partial charge in [-0.05, 0) is 26.0 Å². The number of carbonyl (C=O) groups excluding carboxylic acids is 5. The first kappa shape index (κ1) is 35.3. The molecular weight excluding hydrogens is 596 g/mol. The van der Waals surface area contributed by atoms with Crippen molar-refractivity contribution in [2.45, 2.75) is 60.9 Å². The number of ether oxygens (including phenoxy) is 2. The van der Waals surface area contributed by atoms with E-state index in [2.05, 4.69) is 15.3 Å². The van der Waals surface area contributed by atoms with E-state index < -0.39 is 23.8 Å². The molecule has 0 unspecified atom stereocenters. The smallest absolute Gasteiger partial charge is 0.308 e. The van der Waals surface area contributed by atoms with Crippen molar-refractivity contribution in [1.29, 1.82) is 0 Å². The third-order valence-corrected chi connectivity index (χ3v) is 6.39. The largest absolute Gasteiger partial charge is 0.506 e. The van der Waals surface area contributed by atoms with Crippen LogP contribution >= 0.6 is 12.4 Å². The van der Waals surface area contributed by atoms with Crippen LogP contribution in [0, 0.1) is 13.8 Å². The molecule has 3 aromatic rings. The van der Waals surface area contributed by atoms with Gasteiger partial charge in [-0.15, -0.1) is 12.4 Å². The second-order valence-corrected chi connectivity index (χ2v) is 9.56. The third kappa shape index (κ3) is 8.36. The Kier molecular flexibility index (Phi) is 12.5. The number of aryl methyl sites for hydroxylation is 2. The van der Waals surface area contributed by atoms with E-state index in [-0.39, 0.29) is 57.5 Å². The first-order valence-electron chi connectivity index (χ1n) is 13.1. The van der Waals surface area contributed by atoms with Gasteiger partial charge in [0.1, 0.15) is 12.4 Å². The van der Waals surface area contributed by atoms with Gasteiger partial charge in [0.25, 0.3) is 11.8 Å². The number of halogens is 1. The fraction of sp³-hybridized carbons (Fsp3) is 0.300. The van der Waals surface area contributed by atoms with Crippen LogP contribution in [0.1, 0.15) is 76.6 Å². The summed E-state index contributed by atoms with van der Waals surface area (Å²) in [5, 5.41) is 21.3. The summed E-state index contributed by atoms with van der Waals surface area (Å²) in [6.07, 6.45) is 2.96. The highest BCUT2D eigenvalue weighted by Gasteiger charge is 2.36. The molecule has 0 saturated carbocycles. The molecule has 1 aliphatic rings. The zero-order valence-electron chi connectivity index (χ0n) is 24.8. The van der Waals surface area contributed by atoms with E-state index in [1.54, 1.807) is 38.1 Å². The minimum absolute atomic E-state index is 0. The number of hydrogen-bond acceptors (Lipinski definition) is 11. The number of imide groups is 1. The molecule has 0 aliphatic carbocycles. The Hall–Kier alpha value is -4.88. The van der Waals surface area contributed by atoms with E-state index >= 15 is 0 Å². The van der Waals surface area contributed by atoms with Crippen LogP contribution in [-0.2, 0) is 45.4 Å². The maximum Gasteiger partial charge on any atom is 0.308 e. The van der Waals surface area contributed by atoms with E-state index in [4.69, 9.17) is 14.6 Å². The van der Waals surface area contributed by atoms with Crippen molar-refractivity contribution in [3.05, 3.63) is 81.4 Å². The predicted octanol–water partition coefficient (Wildman–Crippen LogP) is 3.07. The first-order valence-corrected chi connectivity index (χ1v) is 13.1. The number of pyridine rings is 2. The number of aliphatic hydroxyl groups excluding tert-OH is 1. The normalized spacial score (nSPS) is 11.5. The topological polar surface area (TPSA) is 185 Å². The molecule has 3 N–H and O–H groups in total. The number of rotatable bonds is 8. The lowest BCUT2D eigenvalue weighted by atomic mass is 10.1. The number of aromatic hydroxyl groups is 1. The third-order valence-electron chi connectivity index (χ3n) is 6.39. The molecule has 1 aliphatic heterocycles.